The van der Waals surface area contributed by atoms with Gasteiger partial charge in [-0.25, -0.2) is 8.78 Å². The van der Waals surface area contributed by atoms with E-state index >= 15 is 0 Å². The molecule has 1 aromatic carbocycles. The summed E-state index contributed by atoms with van der Waals surface area (Å²) in [5.74, 6) is -1.22. The summed E-state index contributed by atoms with van der Waals surface area (Å²) in [6.07, 6.45) is 1.49. The summed E-state index contributed by atoms with van der Waals surface area (Å²) in [6, 6.07) is 3.24. The van der Waals surface area contributed by atoms with E-state index in [1.807, 2.05) is 6.92 Å². The van der Waals surface area contributed by atoms with Crippen LogP contribution in [0.5, 0.6) is 0 Å². The molecular weight excluding hydrogens is 226 g/mol. The minimum atomic E-state index is -0.650. The maximum Gasteiger partial charge on any atom is 0.230 e. The lowest BCUT2D eigenvalue weighted by Crippen LogP contribution is -1.92. The molecule has 1 aromatic heterocycles. The van der Waals surface area contributed by atoms with Gasteiger partial charge in [-0.15, -0.1) is 0 Å². The Balaban J connectivity index is 2.54. The Morgan fingerprint density at radius 3 is 2.47 bits per heavy atom. The van der Waals surface area contributed by atoms with Crippen molar-refractivity contribution in [3.8, 4) is 11.1 Å². The predicted octanol–water partition coefficient (Wildman–Crippen LogP) is 3.15. The molecule has 0 aliphatic carbocycles. The molecule has 2 N–H and O–H groups in total. The first-order valence-corrected chi connectivity index (χ1v) is 5.32. The number of anilines is 1. The number of aromatic nitrogens is 1. The van der Waals surface area contributed by atoms with E-state index in [2.05, 4.69) is 5.16 Å². The van der Waals surface area contributed by atoms with Gasteiger partial charge in [-0.2, -0.15) is 0 Å². The van der Waals surface area contributed by atoms with Gasteiger partial charge in [0.05, 0.1) is 11.3 Å². The van der Waals surface area contributed by atoms with E-state index in [1.165, 1.54) is 12.1 Å². The summed E-state index contributed by atoms with van der Waals surface area (Å²) in [6.45, 7) is 1.97. The fourth-order valence-corrected chi connectivity index (χ4v) is 1.75. The van der Waals surface area contributed by atoms with Gasteiger partial charge >= 0.3 is 0 Å². The third kappa shape index (κ3) is 2.27. The number of hydrogen-bond donors (Lipinski definition) is 1. The zero-order valence-corrected chi connectivity index (χ0v) is 9.34. The summed E-state index contributed by atoms with van der Waals surface area (Å²) in [7, 11) is 0. The molecule has 0 saturated carbocycles. The second-order valence-corrected chi connectivity index (χ2v) is 3.78. The Labute approximate surface area is 97.2 Å². The molecule has 0 aliphatic heterocycles. The van der Waals surface area contributed by atoms with Crippen LogP contribution in [-0.2, 0) is 6.42 Å². The molecule has 5 heteroatoms. The highest BCUT2D eigenvalue weighted by atomic mass is 19.1. The summed E-state index contributed by atoms with van der Waals surface area (Å²) in [5, 5.41) is 3.80. The van der Waals surface area contributed by atoms with Crippen molar-refractivity contribution < 1.29 is 13.3 Å². The van der Waals surface area contributed by atoms with Crippen LogP contribution < -0.4 is 5.73 Å². The van der Waals surface area contributed by atoms with Gasteiger partial charge in [0.1, 0.15) is 11.6 Å². The van der Waals surface area contributed by atoms with E-state index in [0.29, 0.717) is 23.2 Å². The molecule has 0 fully saturated rings. The van der Waals surface area contributed by atoms with Gasteiger partial charge in [-0.3, -0.25) is 0 Å². The number of halogens is 2. The number of hydrogen-bond acceptors (Lipinski definition) is 3. The van der Waals surface area contributed by atoms with Crippen molar-refractivity contribution in [3.63, 3.8) is 0 Å². The standard InChI is InChI=1S/C12H12F2N2O/c1-2-3-10-11(12(15)17-16-10)7-4-8(13)6-9(14)5-7/h4-6H,2-3,15H2,1H3. The fourth-order valence-electron chi connectivity index (χ4n) is 1.75. The topological polar surface area (TPSA) is 52.0 Å². The van der Waals surface area contributed by atoms with Gasteiger partial charge < -0.3 is 10.3 Å². The third-order valence-electron chi connectivity index (χ3n) is 2.43. The van der Waals surface area contributed by atoms with Gasteiger partial charge in [0, 0.05) is 6.07 Å². The van der Waals surface area contributed by atoms with Crippen molar-refractivity contribution in [2.45, 2.75) is 19.8 Å². The van der Waals surface area contributed by atoms with Crippen molar-refractivity contribution >= 4 is 5.88 Å². The Bertz CT molecular complexity index is 517. The van der Waals surface area contributed by atoms with Gasteiger partial charge in [0.25, 0.3) is 0 Å². The molecule has 2 aromatic rings. The van der Waals surface area contributed by atoms with Gasteiger partial charge in [-0.1, -0.05) is 18.5 Å². The molecule has 0 aliphatic rings. The second kappa shape index (κ2) is 4.53. The molecule has 0 atom stereocenters. The molecule has 0 saturated heterocycles. The van der Waals surface area contributed by atoms with Crippen molar-refractivity contribution in [1.82, 2.24) is 5.16 Å². The van der Waals surface area contributed by atoms with Crippen LogP contribution in [-0.4, -0.2) is 5.16 Å². The first-order valence-electron chi connectivity index (χ1n) is 5.32. The molecule has 90 valence electrons. The number of nitrogens with zero attached hydrogens (tertiary/aromatic N) is 1. The Morgan fingerprint density at radius 2 is 1.88 bits per heavy atom. The molecule has 0 bridgehead atoms. The van der Waals surface area contributed by atoms with Crippen molar-refractivity contribution in [1.29, 1.82) is 0 Å². The quantitative estimate of drug-likeness (QED) is 0.893. The Hall–Kier alpha value is -1.91. The summed E-state index contributed by atoms with van der Waals surface area (Å²) in [4.78, 5) is 0. The van der Waals surface area contributed by atoms with Crippen LogP contribution in [0, 0.1) is 11.6 Å². The minimum Gasteiger partial charge on any atom is -0.367 e. The van der Waals surface area contributed by atoms with Crippen LogP contribution in [0.25, 0.3) is 11.1 Å². The van der Waals surface area contributed by atoms with Gasteiger partial charge in [0.2, 0.25) is 5.88 Å². The van der Waals surface area contributed by atoms with Crippen LogP contribution in [0.2, 0.25) is 0 Å². The average molecular weight is 238 g/mol. The van der Waals surface area contributed by atoms with Crippen LogP contribution in [0.3, 0.4) is 0 Å². The minimum absolute atomic E-state index is 0.0819. The molecule has 0 radical (unpaired) electrons. The predicted molar refractivity (Wildman–Crippen MR) is 60.3 cm³/mol. The number of benzene rings is 1. The highest BCUT2D eigenvalue weighted by Gasteiger charge is 2.16. The largest absolute Gasteiger partial charge is 0.367 e. The highest BCUT2D eigenvalue weighted by molar-refractivity contribution is 5.75. The van der Waals surface area contributed by atoms with E-state index in [4.69, 9.17) is 10.3 Å². The normalized spacial score (nSPS) is 10.8. The van der Waals surface area contributed by atoms with Gasteiger partial charge in [0.15, 0.2) is 0 Å². The third-order valence-corrected chi connectivity index (χ3v) is 2.43. The van der Waals surface area contributed by atoms with E-state index in [1.54, 1.807) is 0 Å². The number of nitrogen functional groups attached to an aromatic ring is 1. The Morgan fingerprint density at radius 1 is 1.24 bits per heavy atom. The molecule has 2 rings (SSSR count). The first kappa shape index (κ1) is 11.6. The van der Waals surface area contributed by atoms with Crippen molar-refractivity contribution in [3.05, 3.63) is 35.5 Å². The molecule has 0 unspecified atom stereocenters. The summed E-state index contributed by atoms with van der Waals surface area (Å²) >= 11 is 0. The number of nitrogens with two attached hydrogens (primary N) is 1. The van der Waals surface area contributed by atoms with Crippen LogP contribution in [0.4, 0.5) is 14.7 Å². The van der Waals surface area contributed by atoms with Crippen molar-refractivity contribution in [2.75, 3.05) is 5.73 Å². The molecule has 1 heterocycles. The van der Waals surface area contributed by atoms with E-state index in [-0.39, 0.29) is 5.88 Å². The van der Waals surface area contributed by atoms with E-state index in [0.717, 1.165) is 12.5 Å². The fraction of sp³-hybridized carbons (Fsp3) is 0.250. The van der Waals surface area contributed by atoms with Gasteiger partial charge in [-0.05, 0) is 24.1 Å². The molecule has 17 heavy (non-hydrogen) atoms. The smallest absolute Gasteiger partial charge is 0.230 e. The lowest BCUT2D eigenvalue weighted by atomic mass is 10.0. The average Bonchev–Trinajstić information content (AvgIpc) is 2.59. The maximum absolute atomic E-state index is 13.1. The lowest BCUT2D eigenvalue weighted by Gasteiger charge is -2.02. The summed E-state index contributed by atoms with van der Waals surface area (Å²) in [5.41, 5.74) is 7.08. The number of aryl methyl sites for hydroxylation is 1. The molecular formula is C12H12F2N2O. The molecule has 3 nitrogen and oxygen atoms in total. The van der Waals surface area contributed by atoms with Crippen LogP contribution in [0.1, 0.15) is 19.0 Å². The molecule has 0 spiro atoms. The maximum atomic E-state index is 13.1. The van der Waals surface area contributed by atoms with E-state index in [9.17, 15) is 8.78 Å². The number of rotatable bonds is 3. The molecule has 0 amide bonds. The monoisotopic (exact) mass is 238 g/mol. The SMILES string of the molecule is CCCc1noc(N)c1-c1cc(F)cc(F)c1. The first-order chi connectivity index (χ1) is 8.11. The highest BCUT2D eigenvalue weighted by Crippen LogP contribution is 2.31. The zero-order valence-electron chi connectivity index (χ0n) is 9.34. The lowest BCUT2D eigenvalue weighted by molar-refractivity contribution is 0.427. The van der Waals surface area contributed by atoms with Crippen LogP contribution in [0.15, 0.2) is 22.7 Å². The van der Waals surface area contributed by atoms with Crippen LogP contribution >= 0.6 is 0 Å². The van der Waals surface area contributed by atoms with E-state index < -0.39 is 11.6 Å². The Kier molecular flexibility index (Phi) is 3.08. The summed E-state index contributed by atoms with van der Waals surface area (Å²) < 4.78 is 31.1. The van der Waals surface area contributed by atoms with Crippen molar-refractivity contribution in [2.24, 2.45) is 0 Å². The second-order valence-electron chi connectivity index (χ2n) is 3.78. The zero-order chi connectivity index (χ0) is 12.4.